The number of rotatable bonds is 4. The minimum Gasteiger partial charge on any atom is -0.352 e. The van der Waals surface area contributed by atoms with E-state index in [4.69, 9.17) is 0 Å². The van der Waals surface area contributed by atoms with Crippen LogP contribution in [0, 0.1) is 0 Å². The van der Waals surface area contributed by atoms with Crippen LogP contribution in [0.4, 0.5) is 5.82 Å². The summed E-state index contributed by atoms with van der Waals surface area (Å²) in [6.07, 6.45) is 3.82. The molecule has 8 nitrogen and oxygen atoms in total. The molecule has 1 fully saturated rings. The molecule has 27 heavy (non-hydrogen) atoms. The van der Waals surface area contributed by atoms with Crippen molar-refractivity contribution in [3.05, 3.63) is 53.9 Å². The van der Waals surface area contributed by atoms with E-state index in [2.05, 4.69) is 25.2 Å². The molecule has 3 aromatic rings. The fourth-order valence-corrected chi connectivity index (χ4v) is 3.23. The fourth-order valence-electron chi connectivity index (χ4n) is 3.23. The average Bonchev–Trinajstić information content (AvgIpc) is 3.17. The molecule has 8 heteroatoms. The maximum absolute atomic E-state index is 12.6. The van der Waals surface area contributed by atoms with Gasteiger partial charge in [-0.1, -0.05) is 24.3 Å². The van der Waals surface area contributed by atoms with Crippen molar-refractivity contribution in [1.82, 2.24) is 24.7 Å². The zero-order chi connectivity index (χ0) is 18.6. The number of aliphatic imine (C=N–C) groups is 1. The Balaban J connectivity index is 1.34. The largest absolute Gasteiger partial charge is 0.352 e. The minimum absolute atomic E-state index is 0.161. The molecular weight excluding hydrogens is 342 g/mol. The Bertz CT molecular complexity index is 956. The molecule has 1 aromatic carbocycles. The monoisotopic (exact) mass is 363 g/mol. The molecule has 0 unspecified atom stereocenters. The summed E-state index contributed by atoms with van der Waals surface area (Å²) >= 11 is 0. The molecular formula is C19H21N7O. The second-order valence-electron chi connectivity index (χ2n) is 6.50. The van der Waals surface area contributed by atoms with Crippen molar-refractivity contribution in [2.75, 3.05) is 38.1 Å². The number of aromatic nitrogens is 4. The molecule has 1 aliphatic rings. The molecule has 0 radical (unpaired) electrons. The zero-order valence-corrected chi connectivity index (χ0v) is 15.2. The van der Waals surface area contributed by atoms with E-state index in [9.17, 15) is 4.79 Å². The summed E-state index contributed by atoms with van der Waals surface area (Å²) in [6, 6.07) is 11.8. The van der Waals surface area contributed by atoms with Gasteiger partial charge in [-0.2, -0.15) is 4.52 Å². The van der Waals surface area contributed by atoms with Crippen molar-refractivity contribution in [3.63, 3.8) is 0 Å². The van der Waals surface area contributed by atoms with E-state index < -0.39 is 0 Å². The van der Waals surface area contributed by atoms with Crippen LogP contribution in [0.5, 0.6) is 0 Å². The van der Waals surface area contributed by atoms with Gasteiger partial charge in [0.05, 0.1) is 6.42 Å². The van der Waals surface area contributed by atoms with Gasteiger partial charge in [0.25, 0.3) is 0 Å². The van der Waals surface area contributed by atoms with E-state index in [-0.39, 0.29) is 5.91 Å². The lowest BCUT2D eigenvalue weighted by Crippen LogP contribution is -2.49. The van der Waals surface area contributed by atoms with Gasteiger partial charge in [-0.25, -0.2) is 0 Å². The summed E-state index contributed by atoms with van der Waals surface area (Å²) in [5, 5.41) is 12.3. The second kappa shape index (κ2) is 7.53. The summed E-state index contributed by atoms with van der Waals surface area (Å²) in [7, 11) is 1.75. The average molecular weight is 363 g/mol. The van der Waals surface area contributed by atoms with E-state index >= 15 is 0 Å². The summed E-state index contributed by atoms with van der Waals surface area (Å²) in [5.41, 5.74) is 2.79. The van der Waals surface area contributed by atoms with Crippen LogP contribution in [0.1, 0.15) is 11.1 Å². The van der Waals surface area contributed by atoms with Gasteiger partial charge in [-0.3, -0.25) is 9.79 Å². The number of benzene rings is 1. The van der Waals surface area contributed by atoms with Crippen molar-refractivity contribution < 1.29 is 4.79 Å². The van der Waals surface area contributed by atoms with Crippen LogP contribution in [0.25, 0.3) is 5.65 Å². The Morgan fingerprint density at radius 1 is 1.11 bits per heavy atom. The summed E-state index contributed by atoms with van der Waals surface area (Å²) < 4.78 is 1.67. The summed E-state index contributed by atoms with van der Waals surface area (Å²) in [4.78, 5) is 20.7. The SMILES string of the molecule is C/N=C/c1ccc(CC(=O)N2CCN(c3ccc4nncn4n3)CC2)cc1. The highest BCUT2D eigenvalue weighted by atomic mass is 16.2. The van der Waals surface area contributed by atoms with Crippen molar-refractivity contribution in [2.24, 2.45) is 4.99 Å². The van der Waals surface area contributed by atoms with E-state index in [1.165, 1.54) is 0 Å². The number of fused-ring (bicyclic) bond motifs is 1. The lowest BCUT2D eigenvalue weighted by molar-refractivity contribution is -0.130. The molecule has 3 heterocycles. The number of anilines is 1. The number of carbonyl (C=O) groups is 1. The van der Waals surface area contributed by atoms with Gasteiger partial charge in [-0.05, 0) is 23.3 Å². The van der Waals surface area contributed by atoms with Gasteiger partial charge < -0.3 is 9.80 Å². The quantitative estimate of drug-likeness (QED) is 0.648. The predicted octanol–water partition coefficient (Wildman–Crippen LogP) is 1.06. The van der Waals surface area contributed by atoms with E-state index in [1.807, 2.05) is 41.3 Å². The molecule has 0 spiro atoms. The fraction of sp³-hybridized carbons (Fsp3) is 0.316. The topological polar surface area (TPSA) is 79.0 Å². The van der Waals surface area contributed by atoms with E-state index in [1.54, 1.807) is 24.1 Å². The van der Waals surface area contributed by atoms with Crippen LogP contribution in [-0.2, 0) is 11.2 Å². The first-order chi connectivity index (χ1) is 13.2. The number of piperazine rings is 1. The van der Waals surface area contributed by atoms with Crippen molar-refractivity contribution >= 4 is 23.6 Å². The molecule has 1 amide bonds. The Labute approximate surface area is 157 Å². The Kier molecular flexibility index (Phi) is 4.78. The lowest BCUT2D eigenvalue weighted by atomic mass is 10.1. The third-order valence-electron chi connectivity index (χ3n) is 4.72. The van der Waals surface area contributed by atoms with Gasteiger partial charge in [0, 0.05) is 39.4 Å². The molecule has 0 saturated carbocycles. The van der Waals surface area contributed by atoms with Crippen molar-refractivity contribution in [3.8, 4) is 0 Å². The maximum atomic E-state index is 12.6. The van der Waals surface area contributed by atoms with Crippen LogP contribution in [0.2, 0.25) is 0 Å². The van der Waals surface area contributed by atoms with Gasteiger partial charge >= 0.3 is 0 Å². The first-order valence-corrected chi connectivity index (χ1v) is 8.94. The molecule has 1 saturated heterocycles. The third-order valence-corrected chi connectivity index (χ3v) is 4.72. The summed E-state index contributed by atoms with van der Waals surface area (Å²) in [5.74, 6) is 1.04. The Hall–Kier alpha value is -3.29. The lowest BCUT2D eigenvalue weighted by Gasteiger charge is -2.35. The molecule has 1 aliphatic heterocycles. The van der Waals surface area contributed by atoms with Gasteiger partial charge in [0.15, 0.2) is 5.65 Å². The smallest absolute Gasteiger partial charge is 0.227 e. The van der Waals surface area contributed by atoms with E-state index in [0.29, 0.717) is 19.5 Å². The maximum Gasteiger partial charge on any atom is 0.227 e. The van der Waals surface area contributed by atoms with Crippen LogP contribution in [-0.4, -0.2) is 70.1 Å². The Morgan fingerprint density at radius 3 is 2.63 bits per heavy atom. The van der Waals surface area contributed by atoms with Crippen molar-refractivity contribution in [2.45, 2.75) is 6.42 Å². The number of amides is 1. The predicted molar refractivity (Wildman–Crippen MR) is 103 cm³/mol. The highest BCUT2D eigenvalue weighted by molar-refractivity contribution is 5.81. The third kappa shape index (κ3) is 3.79. The number of carbonyl (C=O) groups excluding carboxylic acids is 1. The standard InChI is InChI=1S/C19H21N7O/c1-20-13-16-4-2-15(3-5-16)12-19(27)25-10-8-24(9-11-25)18-7-6-17-22-21-14-26(17)23-18/h2-7,13-14H,8-12H2,1H3/b20-13+. The highest BCUT2D eigenvalue weighted by Crippen LogP contribution is 2.15. The van der Waals surface area contributed by atoms with Crippen molar-refractivity contribution in [1.29, 1.82) is 0 Å². The van der Waals surface area contributed by atoms with E-state index in [0.717, 1.165) is 35.7 Å². The minimum atomic E-state index is 0.161. The van der Waals surface area contributed by atoms with Gasteiger partial charge in [0.2, 0.25) is 5.91 Å². The van der Waals surface area contributed by atoms with Gasteiger partial charge in [-0.15, -0.1) is 15.3 Å². The number of hydrogen-bond acceptors (Lipinski definition) is 6. The van der Waals surface area contributed by atoms with Gasteiger partial charge in [0.1, 0.15) is 12.1 Å². The number of hydrogen-bond donors (Lipinski definition) is 0. The number of nitrogens with zero attached hydrogens (tertiary/aromatic N) is 7. The molecule has 0 atom stereocenters. The molecule has 138 valence electrons. The molecule has 4 rings (SSSR count). The van der Waals surface area contributed by atoms with Crippen LogP contribution < -0.4 is 4.90 Å². The molecule has 0 bridgehead atoms. The molecule has 2 aromatic heterocycles. The summed E-state index contributed by atoms with van der Waals surface area (Å²) in [6.45, 7) is 2.92. The molecule has 0 aliphatic carbocycles. The first-order valence-electron chi connectivity index (χ1n) is 8.94. The normalized spacial score (nSPS) is 15.0. The highest BCUT2D eigenvalue weighted by Gasteiger charge is 2.22. The van der Waals surface area contributed by atoms with Crippen LogP contribution in [0.3, 0.4) is 0 Å². The molecule has 0 N–H and O–H groups in total. The Morgan fingerprint density at radius 2 is 1.89 bits per heavy atom. The second-order valence-corrected chi connectivity index (χ2v) is 6.50. The van der Waals surface area contributed by atoms with Crippen LogP contribution >= 0.6 is 0 Å². The first kappa shape index (κ1) is 17.1. The zero-order valence-electron chi connectivity index (χ0n) is 15.2. The van der Waals surface area contributed by atoms with Crippen LogP contribution in [0.15, 0.2) is 47.7 Å².